The van der Waals surface area contributed by atoms with Crippen LogP contribution in [0.5, 0.6) is 11.5 Å². The summed E-state index contributed by atoms with van der Waals surface area (Å²) in [5.74, 6) is 0.712. The standard InChI is InChI=1S/C25H22FN3O4/c26-20-5-2-1-4-19(20)16-7-10-18(11-8-16)29-13-3-6-21(24(29)30)28-25(31)27-17-9-12-22-23(14-17)33-15-32-22/h1-2,4-5,7-12,14,21H,3,6,13,15H2,(H2,27,28,31)/t21-/m0/s1. The van der Waals surface area contributed by atoms with Gasteiger partial charge in [0, 0.05) is 29.5 Å². The molecule has 0 spiro atoms. The van der Waals surface area contributed by atoms with Crippen molar-refractivity contribution in [1.82, 2.24) is 5.32 Å². The van der Waals surface area contributed by atoms with Crippen molar-refractivity contribution in [1.29, 1.82) is 0 Å². The summed E-state index contributed by atoms with van der Waals surface area (Å²) < 4.78 is 24.6. The number of carbonyl (C=O) groups is 2. The predicted octanol–water partition coefficient (Wildman–Crippen LogP) is 4.54. The highest BCUT2D eigenvalue weighted by Crippen LogP contribution is 2.34. The number of urea groups is 1. The Kier molecular flexibility index (Phi) is 5.56. The molecule has 0 saturated carbocycles. The minimum atomic E-state index is -0.640. The van der Waals surface area contributed by atoms with E-state index in [9.17, 15) is 14.0 Å². The van der Waals surface area contributed by atoms with Crippen LogP contribution in [0.1, 0.15) is 12.8 Å². The van der Waals surface area contributed by atoms with E-state index < -0.39 is 12.1 Å². The van der Waals surface area contributed by atoms with Crippen LogP contribution in [0.3, 0.4) is 0 Å². The zero-order chi connectivity index (χ0) is 22.8. The summed E-state index contributed by atoms with van der Waals surface area (Å²) in [6.07, 6.45) is 1.30. The van der Waals surface area contributed by atoms with Gasteiger partial charge in [-0.1, -0.05) is 30.3 Å². The molecule has 0 aromatic heterocycles. The number of nitrogens with one attached hydrogen (secondary N) is 2. The molecule has 33 heavy (non-hydrogen) atoms. The molecular formula is C25H22FN3O4. The van der Waals surface area contributed by atoms with Gasteiger partial charge in [-0.15, -0.1) is 0 Å². The third kappa shape index (κ3) is 4.32. The highest BCUT2D eigenvalue weighted by molar-refractivity contribution is 6.01. The lowest BCUT2D eigenvalue weighted by Gasteiger charge is -2.32. The second-order valence-corrected chi connectivity index (χ2v) is 7.88. The molecule has 1 fully saturated rings. The summed E-state index contributed by atoms with van der Waals surface area (Å²) in [6.45, 7) is 0.707. The monoisotopic (exact) mass is 447 g/mol. The number of amides is 3. The lowest BCUT2D eigenvalue weighted by Crippen LogP contribution is -2.53. The van der Waals surface area contributed by atoms with Gasteiger partial charge in [0.2, 0.25) is 12.7 Å². The molecule has 8 heteroatoms. The topological polar surface area (TPSA) is 79.9 Å². The first-order chi connectivity index (χ1) is 16.1. The maximum absolute atomic E-state index is 14.1. The van der Waals surface area contributed by atoms with Gasteiger partial charge in [0.25, 0.3) is 0 Å². The van der Waals surface area contributed by atoms with Crippen molar-refractivity contribution in [3.8, 4) is 22.6 Å². The van der Waals surface area contributed by atoms with E-state index in [0.717, 1.165) is 12.0 Å². The molecule has 2 aliphatic heterocycles. The number of carbonyl (C=O) groups excluding carboxylic acids is 2. The van der Waals surface area contributed by atoms with Crippen molar-refractivity contribution in [2.75, 3.05) is 23.6 Å². The Morgan fingerprint density at radius 1 is 1.00 bits per heavy atom. The number of piperidine rings is 1. The maximum atomic E-state index is 14.1. The first kappa shape index (κ1) is 20.8. The first-order valence-electron chi connectivity index (χ1n) is 10.7. The van der Waals surface area contributed by atoms with Gasteiger partial charge in [0.1, 0.15) is 11.9 Å². The number of nitrogens with zero attached hydrogens (tertiary/aromatic N) is 1. The highest BCUT2D eigenvalue weighted by Gasteiger charge is 2.31. The minimum Gasteiger partial charge on any atom is -0.454 e. The van der Waals surface area contributed by atoms with Gasteiger partial charge in [-0.3, -0.25) is 4.79 Å². The van der Waals surface area contributed by atoms with Crippen LogP contribution < -0.4 is 25.0 Å². The average Bonchev–Trinajstić information content (AvgIpc) is 3.29. The second-order valence-electron chi connectivity index (χ2n) is 7.88. The van der Waals surface area contributed by atoms with E-state index in [1.165, 1.54) is 6.07 Å². The fourth-order valence-corrected chi connectivity index (χ4v) is 4.08. The molecule has 2 N–H and O–H groups in total. The van der Waals surface area contributed by atoms with Gasteiger partial charge < -0.3 is 25.0 Å². The van der Waals surface area contributed by atoms with E-state index in [0.29, 0.717) is 41.4 Å². The maximum Gasteiger partial charge on any atom is 0.319 e. The van der Waals surface area contributed by atoms with E-state index in [-0.39, 0.29) is 18.5 Å². The SMILES string of the molecule is O=C(Nc1ccc2c(c1)OCO2)N[C@H]1CCCN(c2ccc(-c3ccccc3F)cc2)C1=O. The largest absolute Gasteiger partial charge is 0.454 e. The minimum absolute atomic E-state index is 0.151. The molecule has 168 valence electrons. The summed E-state index contributed by atoms with van der Waals surface area (Å²) in [6, 6.07) is 17.8. The molecule has 5 rings (SSSR count). The summed E-state index contributed by atoms with van der Waals surface area (Å²) in [7, 11) is 0. The number of fused-ring (bicyclic) bond motifs is 1. The summed E-state index contributed by atoms with van der Waals surface area (Å²) >= 11 is 0. The zero-order valence-electron chi connectivity index (χ0n) is 17.7. The fraction of sp³-hybridized carbons (Fsp3) is 0.200. The van der Waals surface area contributed by atoms with Crippen LogP contribution in [0.25, 0.3) is 11.1 Å². The predicted molar refractivity (Wildman–Crippen MR) is 122 cm³/mol. The van der Waals surface area contributed by atoms with Crippen molar-refractivity contribution in [2.24, 2.45) is 0 Å². The Labute approximate surface area is 190 Å². The Hall–Kier alpha value is -4.07. The van der Waals surface area contributed by atoms with Crippen molar-refractivity contribution >= 4 is 23.3 Å². The number of hydrogen-bond donors (Lipinski definition) is 2. The van der Waals surface area contributed by atoms with Gasteiger partial charge in [0.05, 0.1) is 0 Å². The van der Waals surface area contributed by atoms with E-state index in [1.807, 2.05) is 0 Å². The Bertz CT molecular complexity index is 1200. The normalized spacial score (nSPS) is 17.1. The zero-order valence-corrected chi connectivity index (χ0v) is 17.7. The Morgan fingerprint density at radius 3 is 2.61 bits per heavy atom. The molecule has 2 heterocycles. The van der Waals surface area contributed by atoms with Crippen LogP contribution in [-0.2, 0) is 4.79 Å². The number of rotatable bonds is 4. The number of ether oxygens (including phenoxy) is 2. The third-order valence-corrected chi connectivity index (χ3v) is 5.74. The van der Waals surface area contributed by atoms with Gasteiger partial charge in [-0.05, 0) is 48.7 Å². The van der Waals surface area contributed by atoms with Crippen LogP contribution in [0.15, 0.2) is 66.7 Å². The van der Waals surface area contributed by atoms with Crippen LogP contribution in [-0.4, -0.2) is 31.3 Å². The van der Waals surface area contributed by atoms with Gasteiger partial charge in [-0.2, -0.15) is 0 Å². The van der Waals surface area contributed by atoms with Crippen molar-refractivity contribution < 1.29 is 23.5 Å². The number of anilines is 2. The smallest absolute Gasteiger partial charge is 0.319 e. The van der Waals surface area contributed by atoms with E-state index in [4.69, 9.17) is 9.47 Å². The lowest BCUT2D eigenvalue weighted by molar-refractivity contribution is -0.121. The van der Waals surface area contributed by atoms with Crippen LogP contribution in [0, 0.1) is 5.82 Å². The molecule has 3 amide bonds. The molecule has 2 aliphatic rings. The molecule has 1 atom stereocenters. The van der Waals surface area contributed by atoms with Crippen LogP contribution >= 0.6 is 0 Å². The molecular weight excluding hydrogens is 425 g/mol. The van der Waals surface area contributed by atoms with E-state index in [2.05, 4.69) is 10.6 Å². The summed E-state index contributed by atoms with van der Waals surface area (Å²) in [5, 5.41) is 5.50. The molecule has 1 saturated heterocycles. The van der Waals surface area contributed by atoms with E-state index >= 15 is 0 Å². The highest BCUT2D eigenvalue weighted by atomic mass is 19.1. The Morgan fingerprint density at radius 2 is 1.79 bits per heavy atom. The van der Waals surface area contributed by atoms with Crippen molar-refractivity contribution in [3.63, 3.8) is 0 Å². The number of benzene rings is 3. The molecule has 0 radical (unpaired) electrons. The van der Waals surface area contributed by atoms with Crippen LogP contribution in [0.2, 0.25) is 0 Å². The molecule has 3 aromatic rings. The average molecular weight is 447 g/mol. The molecule has 0 bridgehead atoms. The summed E-state index contributed by atoms with van der Waals surface area (Å²) in [4.78, 5) is 27.2. The molecule has 3 aromatic carbocycles. The van der Waals surface area contributed by atoms with Gasteiger partial charge >= 0.3 is 6.03 Å². The first-order valence-corrected chi connectivity index (χ1v) is 10.7. The number of halogens is 1. The van der Waals surface area contributed by atoms with Crippen LogP contribution in [0.4, 0.5) is 20.6 Å². The fourth-order valence-electron chi connectivity index (χ4n) is 4.08. The van der Waals surface area contributed by atoms with Crippen molar-refractivity contribution in [3.05, 3.63) is 72.5 Å². The van der Waals surface area contributed by atoms with Crippen molar-refractivity contribution in [2.45, 2.75) is 18.9 Å². The Balaban J connectivity index is 1.24. The number of hydrogen-bond acceptors (Lipinski definition) is 4. The molecule has 0 aliphatic carbocycles. The van der Waals surface area contributed by atoms with E-state index in [1.54, 1.807) is 65.6 Å². The van der Waals surface area contributed by atoms with Gasteiger partial charge in [-0.25, -0.2) is 9.18 Å². The lowest BCUT2D eigenvalue weighted by atomic mass is 10.0. The second kappa shape index (κ2) is 8.82. The molecule has 0 unspecified atom stereocenters. The summed E-state index contributed by atoms with van der Waals surface area (Å²) in [5.41, 5.74) is 2.50. The third-order valence-electron chi connectivity index (χ3n) is 5.74. The van der Waals surface area contributed by atoms with Gasteiger partial charge in [0.15, 0.2) is 11.5 Å². The quantitative estimate of drug-likeness (QED) is 0.616. The molecule has 7 nitrogen and oxygen atoms in total.